The second kappa shape index (κ2) is 7.25. The van der Waals surface area contributed by atoms with Gasteiger partial charge in [0.1, 0.15) is 0 Å². The second-order valence-electron chi connectivity index (χ2n) is 5.30. The lowest BCUT2D eigenvalue weighted by atomic mass is 9.91. The highest BCUT2D eigenvalue weighted by Gasteiger charge is 2.23. The Bertz CT molecular complexity index is 187. The number of methoxy groups -OCH3 is 1. The molecular weight excluding hydrogens is 200 g/mol. The Morgan fingerprint density at radius 2 is 2.19 bits per heavy atom. The van der Waals surface area contributed by atoms with Gasteiger partial charge in [-0.1, -0.05) is 0 Å². The number of ether oxygens (including phenoxy) is 1. The molecule has 0 aromatic rings. The van der Waals surface area contributed by atoms with Crippen LogP contribution in [0.4, 0.5) is 0 Å². The SMILES string of the molecule is COCCC(C)NC(C)C1CCCN(C)C1. The van der Waals surface area contributed by atoms with Crippen LogP contribution in [-0.4, -0.2) is 50.8 Å². The summed E-state index contributed by atoms with van der Waals surface area (Å²) in [6.45, 7) is 7.94. The highest BCUT2D eigenvalue weighted by Crippen LogP contribution is 2.18. The molecule has 1 aliphatic rings. The summed E-state index contributed by atoms with van der Waals surface area (Å²) in [6.07, 6.45) is 3.82. The molecule has 1 N–H and O–H groups in total. The molecule has 0 amide bonds. The molecule has 0 bridgehead atoms. The van der Waals surface area contributed by atoms with Crippen molar-refractivity contribution in [3.05, 3.63) is 0 Å². The topological polar surface area (TPSA) is 24.5 Å². The summed E-state index contributed by atoms with van der Waals surface area (Å²) in [7, 11) is 4.00. The van der Waals surface area contributed by atoms with Crippen LogP contribution in [0.1, 0.15) is 33.1 Å². The van der Waals surface area contributed by atoms with Crippen LogP contribution >= 0.6 is 0 Å². The smallest absolute Gasteiger partial charge is 0.0476 e. The predicted octanol–water partition coefficient (Wildman–Crippen LogP) is 1.73. The van der Waals surface area contributed by atoms with Crippen molar-refractivity contribution in [1.29, 1.82) is 0 Å². The Hall–Kier alpha value is -0.120. The first kappa shape index (κ1) is 13.9. The van der Waals surface area contributed by atoms with Crippen molar-refractivity contribution in [2.45, 2.75) is 45.2 Å². The van der Waals surface area contributed by atoms with E-state index in [4.69, 9.17) is 4.74 Å². The van der Waals surface area contributed by atoms with Crippen molar-refractivity contribution in [2.75, 3.05) is 33.9 Å². The fraction of sp³-hybridized carbons (Fsp3) is 1.00. The lowest BCUT2D eigenvalue weighted by molar-refractivity contribution is 0.158. The molecule has 3 nitrogen and oxygen atoms in total. The summed E-state index contributed by atoms with van der Waals surface area (Å²) in [4.78, 5) is 2.45. The highest BCUT2D eigenvalue weighted by atomic mass is 16.5. The number of rotatable bonds is 6. The summed E-state index contributed by atoms with van der Waals surface area (Å²) in [5.41, 5.74) is 0. The Morgan fingerprint density at radius 3 is 2.81 bits per heavy atom. The molecule has 16 heavy (non-hydrogen) atoms. The van der Waals surface area contributed by atoms with Crippen molar-refractivity contribution >= 4 is 0 Å². The van der Waals surface area contributed by atoms with Gasteiger partial charge >= 0.3 is 0 Å². The van der Waals surface area contributed by atoms with Crippen molar-refractivity contribution in [3.8, 4) is 0 Å². The van der Waals surface area contributed by atoms with Crippen LogP contribution in [0.5, 0.6) is 0 Å². The maximum absolute atomic E-state index is 5.11. The van der Waals surface area contributed by atoms with Gasteiger partial charge in [0.15, 0.2) is 0 Å². The molecule has 0 saturated carbocycles. The van der Waals surface area contributed by atoms with Gasteiger partial charge in [-0.3, -0.25) is 0 Å². The molecule has 0 aromatic heterocycles. The second-order valence-corrected chi connectivity index (χ2v) is 5.30. The Labute approximate surface area is 101 Å². The number of likely N-dealkylation sites (tertiary alicyclic amines) is 1. The molecule has 1 saturated heterocycles. The molecule has 1 heterocycles. The molecule has 3 heteroatoms. The molecule has 96 valence electrons. The number of hydrogen-bond acceptors (Lipinski definition) is 3. The summed E-state index contributed by atoms with van der Waals surface area (Å²) in [5.74, 6) is 0.809. The molecule has 0 radical (unpaired) electrons. The maximum Gasteiger partial charge on any atom is 0.0476 e. The van der Waals surface area contributed by atoms with E-state index in [0.29, 0.717) is 12.1 Å². The minimum atomic E-state index is 0.558. The largest absolute Gasteiger partial charge is 0.385 e. The van der Waals surface area contributed by atoms with E-state index in [0.717, 1.165) is 18.9 Å². The minimum Gasteiger partial charge on any atom is -0.385 e. The zero-order valence-electron chi connectivity index (χ0n) is 11.3. The molecule has 1 fully saturated rings. The fourth-order valence-electron chi connectivity index (χ4n) is 2.58. The maximum atomic E-state index is 5.11. The van der Waals surface area contributed by atoms with Crippen LogP contribution < -0.4 is 5.32 Å². The average Bonchev–Trinajstić information content (AvgIpc) is 2.26. The fourth-order valence-corrected chi connectivity index (χ4v) is 2.58. The van der Waals surface area contributed by atoms with Crippen LogP contribution in [0.15, 0.2) is 0 Å². The molecule has 0 spiro atoms. The molecule has 1 aliphatic heterocycles. The third kappa shape index (κ3) is 4.81. The first-order valence-corrected chi connectivity index (χ1v) is 6.57. The number of nitrogens with zero attached hydrogens (tertiary/aromatic N) is 1. The molecule has 3 atom stereocenters. The van der Waals surface area contributed by atoms with Crippen LogP contribution in [-0.2, 0) is 4.74 Å². The molecule has 0 aliphatic carbocycles. The van der Waals surface area contributed by atoms with E-state index in [-0.39, 0.29) is 0 Å². The first-order valence-electron chi connectivity index (χ1n) is 6.57. The summed E-state index contributed by atoms with van der Waals surface area (Å²) < 4.78 is 5.11. The third-order valence-corrected chi connectivity index (χ3v) is 3.67. The van der Waals surface area contributed by atoms with Gasteiger partial charge in [0.25, 0.3) is 0 Å². The van der Waals surface area contributed by atoms with Gasteiger partial charge in [-0.25, -0.2) is 0 Å². The van der Waals surface area contributed by atoms with Crippen LogP contribution in [0.25, 0.3) is 0 Å². The molecular formula is C13H28N2O. The Balaban J connectivity index is 2.24. The van der Waals surface area contributed by atoms with Gasteiger partial charge in [0.2, 0.25) is 0 Å². The van der Waals surface area contributed by atoms with Crippen molar-refractivity contribution in [2.24, 2.45) is 5.92 Å². The van der Waals surface area contributed by atoms with Gasteiger partial charge in [-0.2, -0.15) is 0 Å². The average molecular weight is 228 g/mol. The van der Waals surface area contributed by atoms with Crippen molar-refractivity contribution < 1.29 is 4.74 Å². The van der Waals surface area contributed by atoms with Gasteiger partial charge in [-0.05, 0) is 52.6 Å². The van der Waals surface area contributed by atoms with E-state index in [9.17, 15) is 0 Å². The van der Waals surface area contributed by atoms with Crippen LogP contribution in [0.2, 0.25) is 0 Å². The third-order valence-electron chi connectivity index (χ3n) is 3.67. The van der Waals surface area contributed by atoms with Crippen LogP contribution in [0.3, 0.4) is 0 Å². The van der Waals surface area contributed by atoms with E-state index >= 15 is 0 Å². The zero-order valence-corrected chi connectivity index (χ0v) is 11.3. The zero-order chi connectivity index (χ0) is 12.0. The summed E-state index contributed by atoms with van der Waals surface area (Å²) in [6, 6.07) is 1.18. The van der Waals surface area contributed by atoms with Gasteiger partial charge in [0.05, 0.1) is 0 Å². The standard InChI is InChI=1S/C13H28N2O/c1-11(7-9-16-4)14-12(2)13-6-5-8-15(3)10-13/h11-14H,5-10H2,1-4H3. The Morgan fingerprint density at radius 1 is 1.44 bits per heavy atom. The first-order chi connectivity index (χ1) is 7.63. The minimum absolute atomic E-state index is 0.558. The summed E-state index contributed by atoms with van der Waals surface area (Å²) in [5, 5.41) is 3.70. The van der Waals surface area contributed by atoms with Crippen molar-refractivity contribution in [1.82, 2.24) is 10.2 Å². The number of piperidine rings is 1. The van der Waals surface area contributed by atoms with E-state index in [1.165, 1.54) is 25.9 Å². The van der Waals surface area contributed by atoms with Crippen LogP contribution in [0, 0.1) is 5.92 Å². The Kier molecular flexibility index (Phi) is 6.32. The van der Waals surface area contributed by atoms with Gasteiger partial charge in [0, 0.05) is 32.3 Å². The van der Waals surface area contributed by atoms with E-state index in [2.05, 4.69) is 31.1 Å². The highest BCUT2D eigenvalue weighted by molar-refractivity contribution is 4.80. The van der Waals surface area contributed by atoms with E-state index in [1.807, 2.05) is 0 Å². The quantitative estimate of drug-likeness (QED) is 0.749. The number of hydrogen-bond donors (Lipinski definition) is 1. The predicted molar refractivity (Wildman–Crippen MR) is 68.8 cm³/mol. The summed E-state index contributed by atoms with van der Waals surface area (Å²) >= 11 is 0. The van der Waals surface area contributed by atoms with Crippen molar-refractivity contribution in [3.63, 3.8) is 0 Å². The normalized spacial score (nSPS) is 26.6. The lowest BCUT2D eigenvalue weighted by Gasteiger charge is -2.35. The number of nitrogens with one attached hydrogen (secondary N) is 1. The lowest BCUT2D eigenvalue weighted by Crippen LogP contribution is -2.46. The van der Waals surface area contributed by atoms with E-state index in [1.54, 1.807) is 7.11 Å². The molecule has 3 unspecified atom stereocenters. The molecule has 0 aromatic carbocycles. The van der Waals surface area contributed by atoms with Gasteiger partial charge in [-0.15, -0.1) is 0 Å². The molecule has 1 rings (SSSR count). The monoisotopic (exact) mass is 228 g/mol. The van der Waals surface area contributed by atoms with E-state index < -0.39 is 0 Å². The van der Waals surface area contributed by atoms with Gasteiger partial charge < -0.3 is 15.0 Å².